The van der Waals surface area contributed by atoms with E-state index in [9.17, 15) is 9.59 Å². The van der Waals surface area contributed by atoms with Crippen LogP contribution in [-0.4, -0.2) is 81.1 Å². The van der Waals surface area contributed by atoms with Crippen LogP contribution in [0.1, 0.15) is 5.69 Å². The lowest BCUT2D eigenvalue weighted by Gasteiger charge is -2.32. The van der Waals surface area contributed by atoms with Crippen LogP contribution in [0.5, 0.6) is 0 Å². The molecule has 0 saturated carbocycles. The summed E-state index contributed by atoms with van der Waals surface area (Å²) in [6, 6.07) is 10.5. The predicted octanol–water partition coefficient (Wildman–Crippen LogP) is 2.56. The average Bonchev–Trinajstić information content (AvgIpc) is 3.32. The van der Waals surface area contributed by atoms with Gasteiger partial charge in [-0.3, -0.25) is 4.40 Å². The van der Waals surface area contributed by atoms with E-state index in [1.165, 1.54) is 42.3 Å². The number of imidazole rings is 1. The van der Waals surface area contributed by atoms with Crippen molar-refractivity contribution in [2.24, 2.45) is 0 Å². The minimum Gasteiger partial charge on any atom is -0.478 e. The van der Waals surface area contributed by atoms with Crippen LogP contribution < -0.4 is 0 Å². The summed E-state index contributed by atoms with van der Waals surface area (Å²) in [4.78, 5) is 31.2. The molecule has 0 spiro atoms. The van der Waals surface area contributed by atoms with Crippen molar-refractivity contribution in [3.8, 4) is 10.4 Å². The number of nitrogens with zero attached hydrogens (tertiary/aromatic N) is 4. The van der Waals surface area contributed by atoms with Gasteiger partial charge in [0.1, 0.15) is 0 Å². The summed E-state index contributed by atoms with van der Waals surface area (Å²) in [5.41, 5.74) is 2.47. The molecular formula is C22H26N4O4S. The zero-order valence-electron chi connectivity index (χ0n) is 17.3. The second kappa shape index (κ2) is 10.9. The van der Waals surface area contributed by atoms with Crippen LogP contribution in [0.2, 0.25) is 0 Å². The number of aromatic nitrogens is 2. The van der Waals surface area contributed by atoms with Crippen molar-refractivity contribution in [3.63, 3.8) is 0 Å². The number of carboxylic acid groups (broad SMARTS) is 2. The van der Waals surface area contributed by atoms with Crippen LogP contribution in [0.3, 0.4) is 0 Å². The Bertz CT molecular complexity index is 989. The summed E-state index contributed by atoms with van der Waals surface area (Å²) in [6.07, 6.45) is 6.54. The fourth-order valence-electron chi connectivity index (χ4n) is 3.19. The average molecular weight is 443 g/mol. The van der Waals surface area contributed by atoms with Gasteiger partial charge in [-0.25, -0.2) is 14.6 Å². The van der Waals surface area contributed by atoms with Gasteiger partial charge in [0.05, 0.1) is 10.6 Å². The monoisotopic (exact) mass is 442 g/mol. The molecule has 0 atom stereocenters. The predicted molar refractivity (Wildman–Crippen MR) is 121 cm³/mol. The van der Waals surface area contributed by atoms with Crippen molar-refractivity contribution in [1.82, 2.24) is 19.2 Å². The minimum absolute atomic E-state index is 0.558. The lowest BCUT2D eigenvalue weighted by atomic mass is 10.2. The first-order valence-electron chi connectivity index (χ1n) is 9.98. The van der Waals surface area contributed by atoms with E-state index < -0.39 is 11.9 Å². The van der Waals surface area contributed by atoms with Crippen molar-refractivity contribution in [3.05, 3.63) is 60.6 Å². The lowest BCUT2D eigenvalue weighted by molar-refractivity contribution is -0.134. The lowest BCUT2D eigenvalue weighted by Crippen LogP contribution is -2.45. The maximum absolute atomic E-state index is 9.55. The normalized spacial score (nSPS) is 15.1. The number of hydrogen-bond donors (Lipinski definition) is 2. The van der Waals surface area contributed by atoms with Gasteiger partial charge in [0.2, 0.25) is 0 Å². The van der Waals surface area contributed by atoms with Crippen molar-refractivity contribution >= 4 is 28.2 Å². The number of hydrogen-bond acceptors (Lipinski definition) is 6. The van der Waals surface area contributed by atoms with Crippen molar-refractivity contribution < 1.29 is 19.8 Å². The molecule has 164 valence electrons. The number of benzene rings is 1. The molecule has 31 heavy (non-hydrogen) atoms. The summed E-state index contributed by atoms with van der Waals surface area (Å²) >= 11 is 1.76. The molecule has 1 aromatic carbocycles. The van der Waals surface area contributed by atoms with E-state index in [2.05, 4.69) is 64.0 Å². The molecule has 9 heteroatoms. The smallest absolute Gasteiger partial charge is 0.328 e. The van der Waals surface area contributed by atoms with Crippen molar-refractivity contribution in [1.29, 1.82) is 0 Å². The van der Waals surface area contributed by atoms with E-state index in [-0.39, 0.29) is 0 Å². The molecule has 1 aliphatic heterocycles. The van der Waals surface area contributed by atoms with Crippen LogP contribution in [0.15, 0.2) is 54.9 Å². The largest absolute Gasteiger partial charge is 0.478 e. The first kappa shape index (κ1) is 22.7. The molecule has 0 radical (unpaired) electrons. The Balaban J connectivity index is 0.000000293. The highest BCUT2D eigenvalue weighted by atomic mass is 32.1. The van der Waals surface area contributed by atoms with Crippen LogP contribution in [0.25, 0.3) is 15.4 Å². The highest BCUT2D eigenvalue weighted by molar-refractivity contribution is 7.20. The van der Waals surface area contributed by atoms with Gasteiger partial charge in [0.15, 0.2) is 4.96 Å². The third kappa shape index (κ3) is 7.02. The molecule has 2 aromatic heterocycles. The maximum atomic E-state index is 9.55. The van der Waals surface area contributed by atoms with E-state index in [1.54, 1.807) is 11.3 Å². The molecule has 1 saturated heterocycles. The molecule has 0 bridgehead atoms. The Morgan fingerprint density at radius 3 is 2.26 bits per heavy atom. The van der Waals surface area contributed by atoms with Gasteiger partial charge in [-0.05, 0) is 12.6 Å². The minimum atomic E-state index is -1.26. The number of carboxylic acids is 2. The van der Waals surface area contributed by atoms with Crippen LogP contribution in [0.4, 0.5) is 0 Å². The maximum Gasteiger partial charge on any atom is 0.328 e. The molecule has 0 aliphatic carbocycles. The Morgan fingerprint density at radius 2 is 1.68 bits per heavy atom. The summed E-state index contributed by atoms with van der Waals surface area (Å²) in [6.45, 7) is 5.83. The van der Waals surface area contributed by atoms with Crippen LogP contribution in [-0.2, 0) is 16.0 Å². The number of piperazine rings is 1. The van der Waals surface area contributed by atoms with Crippen LogP contribution in [0, 0.1) is 0 Å². The van der Waals surface area contributed by atoms with E-state index >= 15 is 0 Å². The van der Waals surface area contributed by atoms with E-state index in [4.69, 9.17) is 15.2 Å². The summed E-state index contributed by atoms with van der Waals surface area (Å²) in [5.74, 6) is -2.51. The molecule has 3 heterocycles. The zero-order chi connectivity index (χ0) is 22.2. The van der Waals surface area contributed by atoms with Crippen molar-refractivity contribution in [2.45, 2.75) is 6.42 Å². The number of thiazole rings is 1. The van der Waals surface area contributed by atoms with Gasteiger partial charge in [-0.15, -0.1) is 0 Å². The first-order chi connectivity index (χ1) is 14.9. The fourth-order valence-corrected chi connectivity index (χ4v) is 4.18. The van der Waals surface area contributed by atoms with Crippen LogP contribution >= 0.6 is 11.3 Å². The number of likely N-dealkylation sites (N-methyl/N-ethyl adjacent to an activating group) is 1. The Kier molecular flexibility index (Phi) is 7.94. The Morgan fingerprint density at radius 1 is 1.03 bits per heavy atom. The second-order valence-corrected chi connectivity index (χ2v) is 8.30. The van der Waals surface area contributed by atoms with Gasteiger partial charge in [0.25, 0.3) is 0 Å². The molecular weight excluding hydrogens is 416 g/mol. The van der Waals surface area contributed by atoms with E-state index in [0.29, 0.717) is 12.2 Å². The zero-order valence-corrected chi connectivity index (χ0v) is 18.2. The molecule has 1 fully saturated rings. The Hall–Kier alpha value is -3.01. The van der Waals surface area contributed by atoms with Crippen molar-refractivity contribution in [2.75, 3.05) is 39.8 Å². The van der Waals surface area contributed by atoms with E-state index in [1.807, 2.05) is 0 Å². The summed E-state index contributed by atoms with van der Waals surface area (Å²) < 4.78 is 2.17. The number of rotatable bonds is 6. The van der Waals surface area contributed by atoms with Gasteiger partial charge in [-0.2, -0.15) is 0 Å². The molecule has 2 N–H and O–H groups in total. The third-order valence-corrected chi connectivity index (χ3v) is 5.96. The molecule has 0 amide bonds. The molecule has 4 rings (SSSR count). The number of fused-ring (bicyclic) bond motifs is 1. The SMILES string of the molecule is CN1CCN(CCc2cn3cc(-c4ccccc4)sc3n2)CC1.O=C(O)/C=C\C(=O)O. The summed E-state index contributed by atoms with van der Waals surface area (Å²) in [5, 5.41) is 15.6. The highest BCUT2D eigenvalue weighted by Gasteiger charge is 2.14. The first-order valence-corrected chi connectivity index (χ1v) is 10.8. The van der Waals surface area contributed by atoms with Gasteiger partial charge in [0, 0.05) is 63.7 Å². The molecule has 1 aliphatic rings. The van der Waals surface area contributed by atoms with E-state index in [0.717, 1.165) is 17.9 Å². The highest BCUT2D eigenvalue weighted by Crippen LogP contribution is 2.28. The Labute approximate surface area is 184 Å². The molecule has 8 nitrogen and oxygen atoms in total. The quantitative estimate of drug-likeness (QED) is 0.566. The molecule has 0 unspecified atom stereocenters. The summed E-state index contributed by atoms with van der Waals surface area (Å²) in [7, 11) is 2.20. The number of aliphatic carboxylic acids is 2. The number of carbonyl (C=O) groups is 2. The van der Waals surface area contributed by atoms with Gasteiger partial charge in [-0.1, -0.05) is 41.7 Å². The topological polar surface area (TPSA) is 98.4 Å². The fraction of sp³-hybridized carbons (Fsp3) is 0.318. The second-order valence-electron chi connectivity index (χ2n) is 7.29. The molecule has 3 aromatic rings. The third-order valence-electron chi connectivity index (χ3n) is 4.91. The van der Waals surface area contributed by atoms with Gasteiger partial charge >= 0.3 is 11.9 Å². The standard InChI is InChI=1S/C18H22N4S.C4H4O4/c1-20-9-11-21(12-10-20)8-7-16-13-22-14-17(23-18(22)19-16)15-5-3-2-4-6-15;5-3(6)1-2-4(7)8/h2-6,13-14H,7-12H2,1H3;1-2H,(H,5,6)(H,7,8)/b;2-1-. The van der Waals surface area contributed by atoms with Gasteiger partial charge < -0.3 is 20.0 Å².